The van der Waals surface area contributed by atoms with Crippen LogP contribution in [-0.4, -0.2) is 57.6 Å². The number of hydrogen-bond donors (Lipinski definition) is 2. The van der Waals surface area contributed by atoms with Crippen molar-refractivity contribution >= 4 is 30.0 Å². The second-order valence-electron chi connectivity index (χ2n) is 7.09. The predicted octanol–water partition coefficient (Wildman–Crippen LogP) is 2.01. The topological polar surface area (TPSA) is 86.2 Å². The van der Waals surface area contributed by atoms with Crippen molar-refractivity contribution in [3.63, 3.8) is 0 Å². The summed E-state index contributed by atoms with van der Waals surface area (Å²) >= 11 is 0. The zero-order valence-electron chi connectivity index (χ0n) is 13.9. The van der Waals surface area contributed by atoms with Crippen LogP contribution in [0.1, 0.15) is 19.6 Å². The Morgan fingerprint density at radius 2 is 2.17 bits per heavy atom. The molecule has 3 N–H and O–H groups in total. The summed E-state index contributed by atoms with van der Waals surface area (Å²) in [5.41, 5.74) is 7.91. The van der Waals surface area contributed by atoms with Crippen LogP contribution >= 0.6 is 6.89 Å². The minimum Gasteiger partial charge on any atom is -0.397 e. The van der Waals surface area contributed by atoms with Crippen molar-refractivity contribution in [3.8, 4) is 0 Å². The third-order valence-corrected chi connectivity index (χ3v) is 5.94. The maximum absolute atomic E-state index is 10.5. The molecule has 4 atom stereocenters. The Morgan fingerprint density at radius 3 is 2.87 bits per heavy atom. The number of pyridine rings is 1. The van der Waals surface area contributed by atoms with Gasteiger partial charge in [-0.05, 0) is 32.0 Å². The number of ether oxygens (including phenoxy) is 1. The molecular weight excluding hydrogens is 311 g/mol. The van der Waals surface area contributed by atoms with E-state index in [0.717, 1.165) is 12.6 Å². The monoisotopic (exact) mass is 336 g/mol. The molecule has 3 rings (SSSR count). The fourth-order valence-corrected chi connectivity index (χ4v) is 4.02. The summed E-state index contributed by atoms with van der Waals surface area (Å²) < 4.78 is 8.03. The molecule has 3 heterocycles. The standard InChI is InChI=1S/C16H25N4O2P/c1-10-14(21)12(6-8-23(2,3)4)22-16(10)20-9-19-13-11(17)5-7-18-15(13)20/h5,7,9-10,12,14,16,21H,2,6,8H2,1,3-4H3,(H2,17,18)/t10-,12?,14+,16?/m1/s1. The number of hydrogen-bond acceptors (Lipinski definition) is 5. The van der Waals surface area contributed by atoms with Crippen LogP contribution in [-0.2, 0) is 4.74 Å². The number of rotatable bonds is 4. The van der Waals surface area contributed by atoms with Crippen LogP contribution in [0.3, 0.4) is 0 Å². The zero-order chi connectivity index (χ0) is 16.8. The number of aliphatic hydroxyl groups excluding tert-OH is 1. The first-order valence-electron chi connectivity index (χ1n) is 7.86. The highest BCUT2D eigenvalue weighted by atomic mass is 31.2. The first-order chi connectivity index (χ1) is 10.8. The minimum atomic E-state index is -1.13. The lowest BCUT2D eigenvalue weighted by Crippen LogP contribution is -2.26. The van der Waals surface area contributed by atoms with Gasteiger partial charge in [0.05, 0.1) is 24.2 Å². The van der Waals surface area contributed by atoms with Crippen molar-refractivity contribution in [2.75, 3.05) is 25.2 Å². The normalized spacial score (nSPS) is 28.5. The first kappa shape index (κ1) is 16.5. The molecule has 2 aromatic rings. The van der Waals surface area contributed by atoms with Gasteiger partial charge in [0.25, 0.3) is 0 Å². The van der Waals surface area contributed by atoms with E-state index in [1.165, 1.54) is 0 Å². The van der Waals surface area contributed by atoms with Gasteiger partial charge < -0.3 is 15.6 Å². The molecule has 2 aromatic heterocycles. The zero-order valence-corrected chi connectivity index (χ0v) is 14.8. The third kappa shape index (κ3) is 3.16. The molecule has 23 heavy (non-hydrogen) atoms. The van der Waals surface area contributed by atoms with E-state index in [1.807, 2.05) is 11.5 Å². The van der Waals surface area contributed by atoms with E-state index in [2.05, 4.69) is 29.6 Å². The number of anilines is 1. The molecule has 1 saturated heterocycles. The van der Waals surface area contributed by atoms with Gasteiger partial charge in [0.2, 0.25) is 0 Å². The summed E-state index contributed by atoms with van der Waals surface area (Å²) in [6.07, 6.45) is 8.48. The molecular formula is C16H25N4O2P. The molecule has 0 amide bonds. The summed E-state index contributed by atoms with van der Waals surface area (Å²) in [6.45, 7) is 5.27. The predicted molar refractivity (Wildman–Crippen MR) is 96.4 cm³/mol. The fourth-order valence-electron chi connectivity index (χ4n) is 3.06. The van der Waals surface area contributed by atoms with Gasteiger partial charge in [-0.25, -0.2) is 9.97 Å². The summed E-state index contributed by atoms with van der Waals surface area (Å²) in [6, 6.07) is 1.73. The Labute approximate surface area is 136 Å². The molecule has 7 heteroatoms. The number of nitrogens with two attached hydrogens (primary N) is 1. The molecule has 6 nitrogen and oxygen atoms in total. The smallest absolute Gasteiger partial charge is 0.164 e. The van der Waals surface area contributed by atoms with Crippen molar-refractivity contribution < 1.29 is 9.84 Å². The van der Waals surface area contributed by atoms with Crippen molar-refractivity contribution in [1.29, 1.82) is 0 Å². The Morgan fingerprint density at radius 1 is 1.43 bits per heavy atom. The lowest BCUT2D eigenvalue weighted by atomic mass is 10.0. The Balaban J connectivity index is 1.85. The van der Waals surface area contributed by atoms with E-state index >= 15 is 0 Å². The molecule has 2 unspecified atom stereocenters. The third-order valence-electron chi connectivity index (χ3n) is 4.47. The highest BCUT2D eigenvalue weighted by molar-refractivity contribution is 7.72. The molecule has 0 bridgehead atoms. The average Bonchev–Trinajstić information content (AvgIpc) is 3.01. The Kier molecular flexibility index (Phi) is 4.25. The van der Waals surface area contributed by atoms with Crippen molar-refractivity contribution in [2.45, 2.75) is 31.8 Å². The Hall–Kier alpha value is -1.36. The van der Waals surface area contributed by atoms with Crippen LogP contribution in [0.15, 0.2) is 18.6 Å². The van der Waals surface area contributed by atoms with Crippen LogP contribution in [0.4, 0.5) is 5.69 Å². The van der Waals surface area contributed by atoms with Gasteiger partial charge in [-0.3, -0.25) is 4.57 Å². The highest BCUT2D eigenvalue weighted by Crippen LogP contribution is 2.41. The number of aromatic nitrogens is 3. The van der Waals surface area contributed by atoms with Crippen LogP contribution in [0, 0.1) is 5.92 Å². The fraction of sp³-hybridized carbons (Fsp3) is 0.562. The molecule has 0 radical (unpaired) electrons. The van der Waals surface area contributed by atoms with Crippen molar-refractivity contribution in [3.05, 3.63) is 18.6 Å². The molecule has 1 fully saturated rings. The van der Waals surface area contributed by atoms with Crippen LogP contribution in [0.25, 0.3) is 11.2 Å². The molecule has 126 valence electrons. The largest absolute Gasteiger partial charge is 0.397 e. The second kappa shape index (κ2) is 5.93. The molecule has 1 aliphatic heterocycles. The lowest BCUT2D eigenvalue weighted by Gasteiger charge is -2.19. The summed E-state index contributed by atoms with van der Waals surface area (Å²) in [5, 5.41) is 10.5. The van der Waals surface area contributed by atoms with Gasteiger partial charge in [0.1, 0.15) is 11.7 Å². The maximum Gasteiger partial charge on any atom is 0.164 e. The van der Waals surface area contributed by atoms with Crippen LogP contribution in [0.2, 0.25) is 0 Å². The van der Waals surface area contributed by atoms with Crippen molar-refractivity contribution in [1.82, 2.24) is 14.5 Å². The molecule has 1 aliphatic rings. The minimum absolute atomic E-state index is 0.0353. The number of imidazole rings is 1. The summed E-state index contributed by atoms with van der Waals surface area (Å²) in [4.78, 5) is 8.71. The van der Waals surface area contributed by atoms with Gasteiger partial charge in [0, 0.05) is 12.1 Å². The molecule has 0 spiro atoms. The van der Waals surface area contributed by atoms with E-state index in [0.29, 0.717) is 16.9 Å². The second-order valence-corrected chi connectivity index (χ2v) is 11.4. The molecule has 0 saturated carbocycles. The van der Waals surface area contributed by atoms with E-state index in [-0.39, 0.29) is 18.2 Å². The van der Waals surface area contributed by atoms with Gasteiger partial charge >= 0.3 is 0 Å². The number of nitrogens with zero attached hydrogens (tertiary/aromatic N) is 3. The number of aliphatic hydroxyl groups is 1. The highest BCUT2D eigenvalue weighted by Gasteiger charge is 2.42. The molecule has 0 aromatic carbocycles. The average molecular weight is 336 g/mol. The molecule has 0 aliphatic carbocycles. The van der Waals surface area contributed by atoms with Crippen molar-refractivity contribution in [2.24, 2.45) is 5.92 Å². The van der Waals surface area contributed by atoms with Crippen LogP contribution < -0.4 is 5.73 Å². The number of fused-ring (bicyclic) bond motifs is 1. The van der Waals surface area contributed by atoms with Gasteiger partial charge in [-0.2, -0.15) is 0 Å². The summed E-state index contributed by atoms with van der Waals surface area (Å²) in [5.74, 6) is -0.0353. The van der Waals surface area contributed by atoms with E-state index < -0.39 is 13.0 Å². The maximum atomic E-state index is 10.5. The van der Waals surface area contributed by atoms with Crippen LogP contribution in [0.5, 0.6) is 0 Å². The van der Waals surface area contributed by atoms with E-state index in [4.69, 9.17) is 10.5 Å². The first-order valence-corrected chi connectivity index (χ1v) is 10.9. The number of nitrogen functional groups attached to an aromatic ring is 1. The Bertz CT molecular complexity index is 754. The van der Waals surface area contributed by atoms with Gasteiger partial charge in [-0.15, -0.1) is 13.2 Å². The van der Waals surface area contributed by atoms with E-state index in [9.17, 15) is 5.11 Å². The SMILES string of the molecule is C=P(C)(C)CCC1OC(n2cnc3c(N)ccnc32)[C@H](C)[C@@H]1O. The van der Waals surface area contributed by atoms with Gasteiger partial charge in [-0.1, -0.05) is 6.92 Å². The lowest BCUT2D eigenvalue weighted by molar-refractivity contribution is -0.0206. The van der Waals surface area contributed by atoms with Gasteiger partial charge in [0.15, 0.2) is 5.65 Å². The quantitative estimate of drug-likeness (QED) is 0.834. The van der Waals surface area contributed by atoms with E-state index in [1.54, 1.807) is 18.6 Å². The summed E-state index contributed by atoms with van der Waals surface area (Å²) in [7, 11) is 0.